The Morgan fingerprint density at radius 3 is 1.32 bits per heavy atom. The lowest BCUT2D eigenvalue weighted by Crippen LogP contribution is -2.32. The summed E-state index contributed by atoms with van der Waals surface area (Å²) in [5.41, 5.74) is -6.85. The van der Waals surface area contributed by atoms with E-state index in [-0.39, 0.29) is 28.8 Å². The number of aromatic nitrogens is 3. The molecule has 0 amide bonds. The number of hydrogen-bond acceptors (Lipinski definition) is 2. The molecule has 17 heteroatoms. The van der Waals surface area contributed by atoms with Crippen LogP contribution in [0, 0.1) is 0 Å². The maximum Gasteiger partial charge on any atom is 0.416 e. The zero-order chi connectivity index (χ0) is 43.2. The molecule has 3 nitrogen and oxygen atoms in total. The molecule has 0 fully saturated rings. The number of nitrogens with zero attached hydrogens (tertiary/aromatic N) is 3. The van der Waals surface area contributed by atoms with Gasteiger partial charge in [-0.1, -0.05) is 108 Å². The summed E-state index contributed by atoms with van der Waals surface area (Å²) in [6.07, 6.45) is -17.6. The molecule has 1 heterocycles. The van der Waals surface area contributed by atoms with Crippen molar-refractivity contribution in [3.63, 3.8) is 0 Å². The Hall–Kier alpha value is -5.26. The fraction of sp³-hybridized carbons (Fsp3) is 0.163. The summed E-state index contributed by atoms with van der Waals surface area (Å²) in [6, 6.07) is 26.6. The highest BCUT2D eigenvalue weighted by molar-refractivity contribution is 7.80. The van der Waals surface area contributed by atoms with Gasteiger partial charge in [0.2, 0.25) is 0 Å². The molecule has 7 rings (SSSR count). The molecule has 310 valence electrons. The lowest BCUT2D eigenvalue weighted by Gasteiger charge is -2.28. The monoisotopic (exact) mass is 877 g/mol. The fourth-order valence-corrected chi connectivity index (χ4v) is 12.3. The highest BCUT2D eigenvalue weighted by Gasteiger charge is 2.42. The molecule has 1 atom stereocenters. The lowest BCUT2D eigenvalue weighted by atomic mass is 10.1. The lowest BCUT2D eigenvalue weighted by molar-refractivity contribution is -0.144. The van der Waals surface area contributed by atoms with Gasteiger partial charge >= 0.3 is 24.7 Å². The Morgan fingerprint density at radius 1 is 0.517 bits per heavy atom. The minimum atomic E-state index is -5.41. The largest absolute Gasteiger partial charge is 0.416 e. The van der Waals surface area contributed by atoms with E-state index in [0.29, 0.717) is 36.3 Å². The molecular formula is C43H29F12N3P2. The van der Waals surface area contributed by atoms with Gasteiger partial charge in [0, 0.05) is 13.5 Å². The van der Waals surface area contributed by atoms with Gasteiger partial charge in [0.1, 0.15) is 5.69 Å². The maximum atomic E-state index is 14.4. The van der Waals surface area contributed by atoms with Crippen LogP contribution in [-0.2, 0) is 24.7 Å². The average Bonchev–Trinajstić information content (AvgIpc) is 3.86. The Labute approximate surface area is 337 Å². The average molecular weight is 878 g/mol. The van der Waals surface area contributed by atoms with Gasteiger partial charge in [-0.2, -0.15) is 52.7 Å². The van der Waals surface area contributed by atoms with Gasteiger partial charge in [-0.15, -0.1) is 5.10 Å². The predicted octanol–water partition coefficient (Wildman–Crippen LogP) is 11.7. The number of halogens is 12. The van der Waals surface area contributed by atoms with Crippen molar-refractivity contribution in [2.45, 2.75) is 44.1 Å². The first-order valence-electron chi connectivity index (χ1n) is 17.9. The molecule has 0 bridgehead atoms. The highest BCUT2D eigenvalue weighted by atomic mass is 31.1. The zero-order valence-electron chi connectivity index (χ0n) is 30.8. The SMILES string of the molecule is C[C@@H](C1=C(P(c2ccccc2)c2ccccc2)CC=C1)n1nnc(-c2ccccc2)c1P(c1cc(C(F)(F)F)cc(C(F)(F)F)c1)c1cc(C(F)(F)F)cc(C(F)(F)F)c1. The van der Waals surface area contributed by atoms with Gasteiger partial charge in [-0.05, 0) is 89.8 Å². The van der Waals surface area contributed by atoms with Crippen molar-refractivity contribution in [2.24, 2.45) is 0 Å². The van der Waals surface area contributed by atoms with E-state index in [9.17, 15) is 52.7 Å². The second kappa shape index (κ2) is 16.3. The number of hydrogen-bond donors (Lipinski definition) is 0. The van der Waals surface area contributed by atoms with Crippen LogP contribution in [0.5, 0.6) is 0 Å². The molecule has 1 aliphatic carbocycles. The van der Waals surface area contributed by atoms with Crippen molar-refractivity contribution >= 4 is 42.5 Å². The maximum absolute atomic E-state index is 14.4. The van der Waals surface area contributed by atoms with Crippen molar-refractivity contribution in [2.75, 3.05) is 0 Å². The van der Waals surface area contributed by atoms with Crippen molar-refractivity contribution in [1.29, 1.82) is 0 Å². The van der Waals surface area contributed by atoms with Crippen molar-refractivity contribution in [3.05, 3.63) is 173 Å². The Kier molecular flexibility index (Phi) is 11.6. The van der Waals surface area contributed by atoms with E-state index < -0.39 is 79.5 Å². The molecular weight excluding hydrogens is 848 g/mol. The summed E-state index contributed by atoms with van der Waals surface area (Å²) in [6.45, 7) is 1.63. The van der Waals surface area contributed by atoms with E-state index in [1.54, 1.807) is 19.1 Å². The number of benzene rings is 5. The predicted molar refractivity (Wildman–Crippen MR) is 209 cm³/mol. The van der Waals surface area contributed by atoms with E-state index in [0.717, 1.165) is 15.9 Å². The first kappa shape index (κ1) is 42.8. The van der Waals surface area contributed by atoms with Crippen LogP contribution in [-0.4, -0.2) is 15.0 Å². The number of rotatable bonds is 9. The smallest absolute Gasteiger partial charge is 0.236 e. The van der Waals surface area contributed by atoms with Gasteiger partial charge in [0.15, 0.2) is 0 Å². The van der Waals surface area contributed by atoms with E-state index in [1.165, 1.54) is 28.9 Å². The van der Waals surface area contributed by atoms with E-state index in [4.69, 9.17) is 0 Å². The normalized spacial score (nSPS) is 14.4. The van der Waals surface area contributed by atoms with Gasteiger partial charge in [-0.25, -0.2) is 4.68 Å². The molecule has 60 heavy (non-hydrogen) atoms. The van der Waals surface area contributed by atoms with Crippen molar-refractivity contribution < 1.29 is 52.7 Å². The summed E-state index contributed by atoms with van der Waals surface area (Å²) in [4.78, 5) is 0. The molecule has 0 N–H and O–H groups in total. The van der Waals surface area contributed by atoms with Crippen LogP contribution in [0.4, 0.5) is 52.7 Å². The summed E-state index contributed by atoms with van der Waals surface area (Å²) >= 11 is 0. The van der Waals surface area contributed by atoms with Crippen LogP contribution in [0.15, 0.2) is 150 Å². The van der Waals surface area contributed by atoms with Crippen LogP contribution in [0.1, 0.15) is 41.6 Å². The second-order valence-electron chi connectivity index (χ2n) is 13.6. The summed E-state index contributed by atoms with van der Waals surface area (Å²) < 4.78 is 174. The van der Waals surface area contributed by atoms with Crippen LogP contribution >= 0.6 is 15.8 Å². The van der Waals surface area contributed by atoms with E-state index in [2.05, 4.69) is 10.3 Å². The van der Waals surface area contributed by atoms with Crippen LogP contribution in [0.2, 0.25) is 0 Å². The molecule has 1 aliphatic rings. The molecule has 0 aliphatic heterocycles. The quantitative estimate of drug-likeness (QED) is 0.107. The first-order chi connectivity index (χ1) is 28.2. The van der Waals surface area contributed by atoms with Crippen LogP contribution in [0.25, 0.3) is 11.3 Å². The fourth-order valence-electron chi connectivity index (χ4n) is 6.93. The summed E-state index contributed by atoms with van der Waals surface area (Å²) in [5.74, 6) is 0. The molecule has 0 saturated heterocycles. The minimum absolute atomic E-state index is 0.156. The number of allylic oxidation sites excluding steroid dienone is 4. The topological polar surface area (TPSA) is 30.7 Å². The number of alkyl halides is 12. The van der Waals surface area contributed by atoms with Gasteiger partial charge in [0.05, 0.1) is 33.7 Å². The summed E-state index contributed by atoms with van der Waals surface area (Å²) in [5, 5.41) is 9.80. The Balaban J connectivity index is 1.58. The third-order valence-corrected chi connectivity index (χ3v) is 14.6. The Bertz CT molecular complexity index is 2360. The first-order valence-corrected chi connectivity index (χ1v) is 20.6. The van der Waals surface area contributed by atoms with E-state index in [1.807, 2.05) is 66.7 Å². The van der Waals surface area contributed by atoms with Gasteiger partial charge in [-0.3, -0.25) is 0 Å². The minimum Gasteiger partial charge on any atom is -0.236 e. The van der Waals surface area contributed by atoms with Crippen LogP contribution in [0.3, 0.4) is 0 Å². The molecule has 6 aromatic rings. The molecule has 0 unspecified atom stereocenters. The third kappa shape index (κ3) is 8.93. The van der Waals surface area contributed by atoms with Crippen LogP contribution < -0.4 is 26.7 Å². The summed E-state index contributed by atoms with van der Waals surface area (Å²) in [7, 11) is -4.47. The van der Waals surface area contributed by atoms with Gasteiger partial charge in [0.25, 0.3) is 0 Å². The van der Waals surface area contributed by atoms with Crippen molar-refractivity contribution in [1.82, 2.24) is 15.0 Å². The Morgan fingerprint density at radius 2 is 0.917 bits per heavy atom. The molecule has 5 aromatic carbocycles. The molecule has 1 aromatic heterocycles. The highest BCUT2D eigenvalue weighted by Crippen LogP contribution is 2.52. The van der Waals surface area contributed by atoms with Crippen molar-refractivity contribution in [3.8, 4) is 11.3 Å². The zero-order valence-corrected chi connectivity index (χ0v) is 32.6. The molecule has 0 saturated carbocycles. The standard InChI is InChI=1S/C43H29F12N3P2/c1-26(36-18-11-19-37(36)59(32-14-7-3-8-15-32)33-16-9-4-10-17-33)58-39(38(56-57-58)27-12-5-2-6-13-27)60(34-22-28(40(44,45)46)20-29(23-34)41(47,48)49)35-24-30(42(50,51)52)21-31(25-35)43(53,54)55/h2-18,20-26H,19H2,1H3/t26-/m0/s1. The molecule has 0 radical (unpaired) electrons. The second-order valence-corrected chi connectivity index (χ2v) is 18.0. The van der Waals surface area contributed by atoms with E-state index >= 15 is 0 Å². The van der Waals surface area contributed by atoms with Gasteiger partial charge < -0.3 is 0 Å². The molecule has 0 spiro atoms. The third-order valence-electron chi connectivity index (χ3n) is 9.65.